The van der Waals surface area contributed by atoms with Crippen molar-refractivity contribution in [2.24, 2.45) is 0 Å². The highest BCUT2D eigenvalue weighted by molar-refractivity contribution is 5.84. The molecule has 1 aromatic heterocycles. The molecule has 1 amide bonds. The Bertz CT molecular complexity index is 973. The van der Waals surface area contributed by atoms with Crippen molar-refractivity contribution in [3.63, 3.8) is 0 Å². The molecular weight excluding hydrogens is 344 g/mol. The number of rotatable bonds is 4. The second-order valence-corrected chi connectivity index (χ2v) is 7.79. The Morgan fingerprint density at radius 1 is 1.04 bits per heavy atom. The fraction of sp³-hybridized carbons (Fsp3) is 0.320. The molecule has 1 aliphatic rings. The molecule has 0 N–H and O–H groups in total. The van der Waals surface area contributed by atoms with Crippen LogP contribution in [0, 0.1) is 13.8 Å². The molecule has 2 unspecified atom stereocenters. The molecule has 0 saturated carbocycles. The maximum Gasteiger partial charge on any atom is 0.230 e. The van der Waals surface area contributed by atoms with Crippen molar-refractivity contribution in [1.82, 2.24) is 9.47 Å². The van der Waals surface area contributed by atoms with Crippen molar-refractivity contribution in [3.05, 3.63) is 94.8 Å². The molecule has 144 valence electrons. The Morgan fingerprint density at radius 2 is 1.82 bits per heavy atom. The molecule has 1 aliphatic heterocycles. The Hall–Kier alpha value is -2.81. The van der Waals surface area contributed by atoms with E-state index in [1.165, 1.54) is 22.4 Å². The van der Waals surface area contributed by atoms with Crippen LogP contribution in [0.5, 0.6) is 0 Å². The summed E-state index contributed by atoms with van der Waals surface area (Å²) < 4.78 is 2.29. The van der Waals surface area contributed by atoms with Crippen LogP contribution in [-0.4, -0.2) is 21.9 Å². The number of hydrogen-bond donors (Lipinski definition) is 0. The molecule has 28 heavy (non-hydrogen) atoms. The van der Waals surface area contributed by atoms with Gasteiger partial charge in [0, 0.05) is 25.0 Å². The minimum Gasteiger partial charge on any atom is -0.348 e. The third-order valence-corrected chi connectivity index (χ3v) is 5.95. The summed E-state index contributed by atoms with van der Waals surface area (Å²) in [6, 6.07) is 21.0. The Balaban J connectivity index is 1.77. The van der Waals surface area contributed by atoms with Crippen LogP contribution in [-0.2, 0) is 11.3 Å². The lowest BCUT2D eigenvalue weighted by Gasteiger charge is -2.40. The summed E-state index contributed by atoms with van der Waals surface area (Å²) in [6.07, 6.45) is 2.93. The maximum atomic E-state index is 13.7. The summed E-state index contributed by atoms with van der Waals surface area (Å²) >= 11 is 0. The van der Waals surface area contributed by atoms with E-state index in [0.29, 0.717) is 0 Å². The van der Waals surface area contributed by atoms with Crippen LogP contribution in [0.1, 0.15) is 53.3 Å². The first-order valence-corrected chi connectivity index (χ1v) is 10.2. The number of aryl methyl sites for hydroxylation is 2. The summed E-state index contributed by atoms with van der Waals surface area (Å²) in [6.45, 7) is 7.96. The summed E-state index contributed by atoms with van der Waals surface area (Å²) in [7, 11) is 0. The lowest BCUT2D eigenvalue weighted by Crippen LogP contribution is -2.44. The van der Waals surface area contributed by atoms with Crippen molar-refractivity contribution in [2.75, 3.05) is 6.54 Å². The molecule has 2 atom stereocenters. The maximum absolute atomic E-state index is 13.7. The second-order valence-electron chi connectivity index (χ2n) is 7.79. The van der Waals surface area contributed by atoms with Gasteiger partial charge in [-0.2, -0.15) is 0 Å². The molecule has 0 aliphatic carbocycles. The van der Waals surface area contributed by atoms with Gasteiger partial charge in [0.1, 0.15) is 0 Å². The Labute approximate surface area is 167 Å². The fourth-order valence-electron chi connectivity index (χ4n) is 4.52. The van der Waals surface area contributed by atoms with Crippen LogP contribution in [0.4, 0.5) is 0 Å². The van der Waals surface area contributed by atoms with Crippen molar-refractivity contribution in [3.8, 4) is 0 Å². The Morgan fingerprint density at radius 3 is 2.54 bits per heavy atom. The minimum atomic E-state index is -0.101. The smallest absolute Gasteiger partial charge is 0.230 e. The van der Waals surface area contributed by atoms with Gasteiger partial charge in [-0.3, -0.25) is 4.79 Å². The first-order valence-electron chi connectivity index (χ1n) is 10.2. The number of carbonyl (C=O) groups excluding carboxylic acids is 1. The normalized spacial score (nSPS) is 17.2. The molecule has 0 fully saturated rings. The number of benzene rings is 2. The Kier molecular flexibility index (Phi) is 5.08. The van der Waals surface area contributed by atoms with Crippen LogP contribution >= 0.6 is 0 Å². The van der Waals surface area contributed by atoms with Crippen LogP contribution in [0.15, 0.2) is 66.9 Å². The standard InChI is InChI=1S/C25H28N2O/c1-4-21(20-9-6-5-7-10-20)25(28)27-16-15-26-14-8-11-23(26)24(27)22-13-12-18(2)17-19(22)3/h5-14,17,21,24H,4,15-16H2,1-3H3. The van der Waals surface area contributed by atoms with Gasteiger partial charge in [-0.25, -0.2) is 0 Å². The van der Waals surface area contributed by atoms with Gasteiger partial charge in [0.25, 0.3) is 0 Å². The topological polar surface area (TPSA) is 25.2 Å². The third-order valence-electron chi connectivity index (χ3n) is 5.95. The van der Waals surface area contributed by atoms with Gasteiger partial charge in [-0.05, 0) is 49.1 Å². The van der Waals surface area contributed by atoms with E-state index in [1.54, 1.807) is 0 Å². The van der Waals surface area contributed by atoms with Gasteiger partial charge in [0.2, 0.25) is 5.91 Å². The van der Waals surface area contributed by atoms with Crippen molar-refractivity contribution >= 4 is 5.91 Å². The molecule has 0 spiro atoms. The lowest BCUT2D eigenvalue weighted by atomic mass is 9.90. The van der Waals surface area contributed by atoms with E-state index in [-0.39, 0.29) is 17.9 Å². The van der Waals surface area contributed by atoms with Gasteiger partial charge in [-0.1, -0.05) is 61.0 Å². The van der Waals surface area contributed by atoms with E-state index >= 15 is 0 Å². The van der Waals surface area contributed by atoms with E-state index in [9.17, 15) is 4.79 Å². The minimum absolute atomic E-state index is 0.0328. The number of nitrogens with zero attached hydrogens (tertiary/aromatic N) is 2. The molecule has 3 aromatic rings. The molecular formula is C25H28N2O. The number of hydrogen-bond acceptors (Lipinski definition) is 1. The van der Waals surface area contributed by atoms with Crippen LogP contribution in [0.25, 0.3) is 0 Å². The summed E-state index contributed by atoms with van der Waals surface area (Å²) in [5.41, 5.74) is 6.03. The quantitative estimate of drug-likeness (QED) is 0.615. The lowest BCUT2D eigenvalue weighted by molar-refractivity contribution is -0.135. The van der Waals surface area contributed by atoms with E-state index in [0.717, 1.165) is 25.1 Å². The van der Waals surface area contributed by atoms with Crippen molar-refractivity contribution in [1.29, 1.82) is 0 Å². The van der Waals surface area contributed by atoms with Gasteiger partial charge in [-0.15, -0.1) is 0 Å². The molecule has 0 radical (unpaired) electrons. The molecule has 3 heteroatoms. The largest absolute Gasteiger partial charge is 0.348 e. The SMILES string of the molecule is CCC(C(=O)N1CCn2cccc2C1c1ccc(C)cc1C)c1ccccc1. The molecule has 2 heterocycles. The average Bonchev–Trinajstić information content (AvgIpc) is 3.18. The van der Waals surface area contributed by atoms with E-state index in [1.807, 2.05) is 18.2 Å². The zero-order valence-electron chi connectivity index (χ0n) is 16.9. The number of aromatic nitrogens is 1. The van der Waals surface area contributed by atoms with E-state index in [4.69, 9.17) is 0 Å². The van der Waals surface area contributed by atoms with Gasteiger partial charge < -0.3 is 9.47 Å². The van der Waals surface area contributed by atoms with Crippen LogP contribution < -0.4 is 0 Å². The first kappa shape index (κ1) is 18.5. The zero-order chi connectivity index (χ0) is 19.7. The molecule has 0 saturated heterocycles. The summed E-state index contributed by atoms with van der Waals surface area (Å²) in [5.74, 6) is 0.127. The highest BCUT2D eigenvalue weighted by atomic mass is 16.2. The zero-order valence-corrected chi connectivity index (χ0v) is 16.9. The number of amides is 1. The van der Waals surface area contributed by atoms with E-state index in [2.05, 4.69) is 78.9 Å². The van der Waals surface area contributed by atoms with Crippen LogP contribution in [0.2, 0.25) is 0 Å². The summed E-state index contributed by atoms with van der Waals surface area (Å²) in [4.78, 5) is 15.8. The monoisotopic (exact) mass is 372 g/mol. The number of fused-ring (bicyclic) bond motifs is 1. The highest BCUT2D eigenvalue weighted by Gasteiger charge is 2.35. The van der Waals surface area contributed by atoms with Gasteiger partial charge >= 0.3 is 0 Å². The number of carbonyl (C=O) groups is 1. The van der Waals surface area contributed by atoms with Crippen LogP contribution in [0.3, 0.4) is 0 Å². The first-order chi connectivity index (χ1) is 13.6. The van der Waals surface area contributed by atoms with Crippen molar-refractivity contribution in [2.45, 2.75) is 45.7 Å². The highest BCUT2D eigenvalue weighted by Crippen LogP contribution is 2.37. The predicted octanol–water partition coefficient (Wildman–Crippen LogP) is 5.23. The van der Waals surface area contributed by atoms with Gasteiger partial charge in [0.05, 0.1) is 12.0 Å². The summed E-state index contributed by atoms with van der Waals surface area (Å²) in [5, 5.41) is 0. The molecule has 2 aromatic carbocycles. The van der Waals surface area contributed by atoms with E-state index < -0.39 is 0 Å². The molecule has 4 rings (SSSR count). The third kappa shape index (κ3) is 3.26. The molecule has 0 bridgehead atoms. The molecule has 3 nitrogen and oxygen atoms in total. The second kappa shape index (κ2) is 7.67. The fourth-order valence-corrected chi connectivity index (χ4v) is 4.52. The van der Waals surface area contributed by atoms with Gasteiger partial charge in [0.15, 0.2) is 0 Å². The average molecular weight is 373 g/mol. The van der Waals surface area contributed by atoms with Crippen molar-refractivity contribution < 1.29 is 4.79 Å². The predicted molar refractivity (Wildman–Crippen MR) is 113 cm³/mol.